The minimum Gasteiger partial charge on any atom is -0.508 e. The Hall–Kier alpha value is -3.10. The molecule has 2 aliphatic rings. The fraction of sp³-hybridized carbons (Fsp3) is 0.333. The van der Waals surface area contributed by atoms with E-state index in [-0.39, 0.29) is 24.5 Å². The standard InChI is InChI=1S/C21H21NO7/c23-15-8-4-7-14(9-15)20(24)28-16-11-26-19-17(12-27-18(16)19)29-21(25)22-10-13-5-2-1-3-6-13/h1-9,16-19,23H,10-12H2,(H,22,25)/t16-,17+,18-,19-/m1/s1. The monoisotopic (exact) mass is 399 g/mol. The van der Waals surface area contributed by atoms with Crippen molar-refractivity contribution in [3.05, 3.63) is 65.7 Å². The highest BCUT2D eigenvalue weighted by Crippen LogP contribution is 2.31. The lowest BCUT2D eigenvalue weighted by atomic mass is 10.1. The first-order valence-electron chi connectivity index (χ1n) is 9.32. The molecule has 1 amide bonds. The molecule has 2 aliphatic heterocycles. The molecule has 0 radical (unpaired) electrons. The molecule has 2 N–H and O–H groups in total. The van der Waals surface area contributed by atoms with Crippen LogP contribution in [-0.4, -0.2) is 54.8 Å². The average Bonchev–Trinajstić information content (AvgIpc) is 3.31. The maximum absolute atomic E-state index is 12.3. The molecule has 152 valence electrons. The summed E-state index contributed by atoms with van der Waals surface area (Å²) in [6.45, 7) is 0.659. The summed E-state index contributed by atoms with van der Waals surface area (Å²) in [6, 6.07) is 15.4. The minimum absolute atomic E-state index is 0.0212. The van der Waals surface area contributed by atoms with E-state index in [1.807, 2.05) is 30.3 Å². The molecule has 2 aromatic rings. The summed E-state index contributed by atoms with van der Waals surface area (Å²) in [4.78, 5) is 24.4. The molecule has 0 aromatic heterocycles. The average molecular weight is 399 g/mol. The van der Waals surface area contributed by atoms with Crippen molar-refractivity contribution in [2.45, 2.75) is 31.0 Å². The van der Waals surface area contributed by atoms with Gasteiger partial charge in [0, 0.05) is 6.54 Å². The van der Waals surface area contributed by atoms with Gasteiger partial charge in [0.25, 0.3) is 0 Å². The maximum atomic E-state index is 12.3. The number of fused-ring (bicyclic) bond motifs is 1. The van der Waals surface area contributed by atoms with Crippen molar-refractivity contribution >= 4 is 12.1 Å². The van der Waals surface area contributed by atoms with Gasteiger partial charge in [0.2, 0.25) is 0 Å². The summed E-state index contributed by atoms with van der Waals surface area (Å²) in [5, 5.41) is 12.2. The number of phenols is 1. The number of alkyl carbamates (subject to hydrolysis) is 1. The molecule has 0 saturated carbocycles. The largest absolute Gasteiger partial charge is 0.508 e. The highest BCUT2D eigenvalue weighted by Gasteiger charge is 2.51. The summed E-state index contributed by atoms with van der Waals surface area (Å²) in [6.07, 6.45) is -2.77. The number of carbonyl (C=O) groups excluding carboxylic acids is 2. The van der Waals surface area contributed by atoms with Gasteiger partial charge < -0.3 is 29.4 Å². The fourth-order valence-electron chi connectivity index (χ4n) is 3.42. The van der Waals surface area contributed by atoms with Crippen LogP contribution in [0.15, 0.2) is 54.6 Å². The van der Waals surface area contributed by atoms with E-state index in [1.165, 1.54) is 12.1 Å². The number of esters is 1. The lowest BCUT2D eigenvalue weighted by molar-refractivity contribution is -0.0231. The van der Waals surface area contributed by atoms with Crippen LogP contribution in [0.1, 0.15) is 15.9 Å². The van der Waals surface area contributed by atoms with Crippen molar-refractivity contribution in [1.82, 2.24) is 5.32 Å². The van der Waals surface area contributed by atoms with Crippen LogP contribution in [0, 0.1) is 0 Å². The van der Waals surface area contributed by atoms with Crippen molar-refractivity contribution in [1.29, 1.82) is 0 Å². The van der Waals surface area contributed by atoms with E-state index in [1.54, 1.807) is 12.1 Å². The molecule has 2 aromatic carbocycles. The summed E-state index contributed by atoms with van der Waals surface area (Å²) < 4.78 is 22.2. The van der Waals surface area contributed by atoms with Crippen molar-refractivity contribution in [2.75, 3.05) is 13.2 Å². The zero-order chi connectivity index (χ0) is 20.2. The van der Waals surface area contributed by atoms with E-state index >= 15 is 0 Å². The normalized spacial score (nSPS) is 25.2. The Bertz CT molecular complexity index is 872. The lowest BCUT2D eigenvalue weighted by Crippen LogP contribution is -2.38. The van der Waals surface area contributed by atoms with Crippen LogP contribution in [0.4, 0.5) is 4.79 Å². The highest BCUT2D eigenvalue weighted by atomic mass is 16.7. The molecule has 2 saturated heterocycles. The van der Waals surface area contributed by atoms with E-state index in [2.05, 4.69) is 5.32 Å². The van der Waals surface area contributed by atoms with Crippen molar-refractivity contribution in [3.8, 4) is 5.75 Å². The number of aromatic hydroxyl groups is 1. The molecular formula is C21H21NO7. The van der Waals surface area contributed by atoms with Crippen LogP contribution in [0.2, 0.25) is 0 Å². The van der Waals surface area contributed by atoms with Gasteiger partial charge >= 0.3 is 12.1 Å². The summed E-state index contributed by atoms with van der Waals surface area (Å²) in [7, 11) is 0. The number of hydrogen-bond acceptors (Lipinski definition) is 7. The second-order valence-electron chi connectivity index (χ2n) is 6.87. The molecule has 0 spiro atoms. The third-order valence-electron chi connectivity index (χ3n) is 4.84. The Labute approximate surface area is 167 Å². The Morgan fingerprint density at radius 2 is 1.66 bits per heavy atom. The molecule has 8 heteroatoms. The second kappa shape index (κ2) is 8.50. The van der Waals surface area contributed by atoms with Crippen molar-refractivity contribution < 1.29 is 33.6 Å². The van der Waals surface area contributed by atoms with Gasteiger partial charge in [-0.15, -0.1) is 0 Å². The van der Waals surface area contributed by atoms with E-state index in [0.717, 1.165) is 5.56 Å². The maximum Gasteiger partial charge on any atom is 0.407 e. The number of rotatable bonds is 5. The predicted molar refractivity (Wildman–Crippen MR) is 100 cm³/mol. The molecule has 2 fully saturated rings. The molecular weight excluding hydrogens is 378 g/mol. The lowest BCUT2D eigenvalue weighted by Gasteiger charge is -2.17. The number of benzene rings is 2. The van der Waals surface area contributed by atoms with Crippen LogP contribution in [0.3, 0.4) is 0 Å². The van der Waals surface area contributed by atoms with Crippen LogP contribution in [0.25, 0.3) is 0 Å². The number of hydrogen-bond donors (Lipinski definition) is 2. The Morgan fingerprint density at radius 3 is 2.34 bits per heavy atom. The highest BCUT2D eigenvalue weighted by molar-refractivity contribution is 5.90. The van der Waals surface area contributed by atoms with Crippen molar-refractivity contribution in [3.63, 3.8) is 0 Å². The zero-order valence-electron chi connectivity index (χ0n) is 15.5. The van der Waals surface area contributed by atoms with Gasteiger partial charge in [-0.25, -0.2) is 9.59 Å². The van der Waals surface area contributed by atoms with Gasteiger partial charge in [-0.05, 0) is 23.8 Å². The van der Waals surface area contributed by atoms with Gasteiger partial charge in [0.1, 0.15) is 18.0 Å². The topological polar surface area (TPSA) is 103 Å². The Kier molecular flexibility index (Phi) is 5.64. The SMILES string of the molecule is O=C(NCc1ccccc1)O[C@H]1CO[C@H]2[C@@H]1OC[C@H]2OC(=O)c1cccc(O)c1. The Balaban J connectivity index is 1.28. The number of ether oxygens (including phenoxy) is 4. The fourth-order valence-corrected chi connectivity index (χ4v) is 3.42. The summed E-state index contributed by atoms with van der Waals surface area (Å²) in [5.41, 5.74) is 1.19. The third-order valence-corrected chi connectivity index (χ3v) is 4.84. The second-order valence-corrected chi connectivity index (χ2v) is 6.87. The quantitative estimate of drug-likeness (QED) is 0.742. The van der Waals surface area contributed by atoms with Gasteiger partial charge in [0.05, 0.1) is 18.8 Å². The molecule has 4 rings (SSSR count). The van der Waals surface area contributed by atoms with Gasteiger partial charge in [0.15, 0.2) is 12.2 Å². The predicted octanol–water partition coefficient (Wildman–Crippen LogP) is 2.01. The Morgan fingerprint density at radius 1 is 0.966 bits per heavy atom. The summed E-state index contributed by atoms with van der Waals surface area (Å²) >= 11 is 0. The first kappa shape index (κ1) is 19.2. The first-order valence-corrected chi connectivity index (χ1v) is 9.32. The van der Waals surface area contributed by atoms with Crippen LogP contribution >= 0.6 is 0 Å². The van der Waals surface area contributed by atoms with E-state index in [9.17, 15) is 14.7 Å². The smallest absolute Gasteiger partial charge is 0.407 e. The van der Waals surface area contributed by atoms with Crippen molar-refractivity contribution in [2.24, 2.45) is 0 Å². The minimum atomic E-state index is -0.615. The molecule has 4 atom stereocenters. The molecule has 29 heavy (non-hydrogen) atoms. The zero-order valence-corrected chi connectivity index (χ0v) is 15.5. The molecule has 0 bridgehead atoms. The first-order chi connectivity index (χ1) is 14.1. The summed E-state index contributed by atoms with van der Waals surface area (Å²) in [5.74, 6) is -0.601. The van der Waals surface area contributed by atoms with Gasteiger partial charge in [-0.3, -0.25) is 0 Å². The van der Waals surface area contributed by atoms with Crippen LogP contribution < -0.4 is 5.32 Å². The third kappa shape index (κ3) is 4.49. The number of nitrogens with one attached hydrogen (secondary N) is 1. The molecule has 8 nitrogen and oxygen atoms in total. The number of amides is 1. The van der Waals surface area contributed by atoms with Gasteiger partial charge in [-0.2, -0.15) is 0 Å². The number of carbonyl (C=O) groups is 2. The molecule has 0 unspecified atom stereocenters. The van der Waals surface area contributed by atoms with E-state index < -0.39 is 36.5 Å². The van der Waals surface area contributed by atoms with E-state index in [4.69, 9.17) is 18.9 Å². The molecule has 2 heterocycles. The van der Waals surface area contributed by atoms with Crippen LogP contribution in [-0.2, 0) is 25.5 Å². The van der Waals surface area contributed by atoms with Gasteiger partial charge in [-0.1, -0.05) is 36.4 Å². The van der Waals surface area contributed by atoms with Crippen LogP contribution in [0.5, 0.6) is 5.75 Å². The molecule has 0 aliphatic carbocycles. The number of phenolic OH excluding ortho intramolecular Hbond substituents is 1. The van der Waals surface area contributed by atoms with E-state index in [0.29, 0.717) is 6.54 Å².